The van der Waals surface area contributed by atoms with E-state index in [1.807, 2.05) is 24.3 Å². The standard InChI is InChI=1S/C16H14BrCl2N3O2S2/c17-10-8-12(18)15(13(19)9-10)26(23,24)21-7-3-6-20-16-11-4-1-2-5-14(11)25-22-16/h1-2,4-5,8-9,21H,3,6-7H2,(H,20,22). The highest BCUT2D eigenvalue weighted by molar-refractivity contribution is 9.10. The smallest absolute Gasteiger partial charge is 0.243 e. The van der Waals surface area contributed by atoms with Gasteiger partial charge in [-0.15, -0.1) is 0 Å². The molecule has 0 saturated carbocycles. The second kappa shape index (κ2) is 8.41. The number of aromatic nitrogens is 1. The maximum absolute atomic E-state index is 12.4. The van der Waals surface area contributed by atoms with E-state index in [2.05, 4.69) is 30.3 Å². The molecule has 5 nitrogen and oxygen atoms in total. The van der Waals surface area contributed by atoms with Gasteiger partial charge in [0.1, 0.15) is 10.7 Å². The molecule has 0 fully saturated rings. The molecule has 138 valence electrons. The Morgan fingerprint density at radius 1 is 1.12 bits per heavy atom. The number of hydrogen-bond acceptors (Lipinski definition) is 5. The van der Waals surface area contributed by atoms with Gasteiger partial charge in [-0.05, 0) is 42.2 Å². The quantitative estimate of drug-likeness (QED) is 0.445. The predicted molar refractivity (Wildman–Crippen MR) is 112 cm³/mol. The van der Waals surface area contributed by atoms with Crippen molar-refractivity contribution in [2.45, 2.75) is 11.3 Å². The van der Waals surface area contributed by atoms with Gasteiger partial charge in [-0.3, -0.25) is 0 Å². The van der Waals surface area contributed by atoms with Crippen molar-refractivity contribution in [3.63, 3.8) is 0 Å². The Labute approximate surface area is 174 Å². The molecule has 2 N–H and O–H groups in total. The third-order valence-corrected chi connectivity index (χ3v) is 7.21. The molecule has 26 heavy (non-hydrogen) atoms. The number of fused-ring (bicyclic) bond motifs is 1. The summed E-state index contributed by atoms with van der Waals surface area (Å²) in [5.74, 6) is 0.812. The van der Waals surface area contributed by atoms with Crippen LogP contribution in [0.1, 0.15) is 6.42 Å². The lowest BCUT2D eigenvalue weighted by Gasteiger charge is -2.11. The van der Waals surface area contributed by atoms with Crippen LogP contribution in [0.2, 0.25) is 10.0 Å². The van der Waals surface area contributed by atoms with Crippen molar-refractivity contribution < 1.29 is 8.42 Å². The molecule has 0 saturated heterocycles. The molecular weight excluding hydrogens is 481 g/mol. The van der Waals surface area contributed by atoms with Gasteiger partial charge in [-0.2, -0.15) is 4.37 Å². The Morgan fingerprint density at radius 3 is 2.54 bits per heavy atom. The van der Waals surface area contributed by atoms with Gasteiger partial charge in [0.25, 0.3) is 0 Å². The Kier molecular flexibility index (Phi) is 6.42. The molecule has 0 aliphatic carbocycles. The van der Waals surface area contributed by atoms with Gasteiger partial charge in [0, 0.05) is 22.9 Å². The molecule has 0 spiro atoms. The number of rotatable bonds is 7. The summed E-state index contributed by atoms with van der Waals surface area (Å²) in [6.07, 6.45) is 0.580. The van der Waals surface area contributed by atoms with Gasteiger partial charge in [-0.25, -0.2) is 13.1 Å². The van der Waals surface area contributed by atoms with E-state index in [0.717, 1.165) is 15.9 Å². The van der Waals surface area contributed by atoms with Crippen molar-refractivity contribution >= 4 is 76.6 Å². The number of sulfonamides is 1. The third-order valence-electron chi connectivity index (χ3n) is 3.55. The largest absolute Gasteiger partial charge is 0.369 e. The van der Waals surface area contributed by atoms with Crippen molar-refractivity contribution in [2.75, 3.05) is 18.4 Å². The summed E-state index contributed by atoms with van der Waals surface area (Å²) in [7, 11) is -3.78. The molecule has 3 rings (SSSR count). The fourth-order valence-electron chi connectivity index (χ4n) is 2.37. The van der Waals surface area contributed by atoms with Crippen molar-refractivity contribution in [3.8, 4) is 0 Å². The molecule has 0 aliphatic heterocycles. The highest BCUT2D eigenvalue weighted by Gasteiger charge is 2.21. The lowest BCUT2D eigenvalue weighted by atomic mass is 10.2. The number of anilines is 1. The molecule has 0 bridgehead atoms. The van der Waals surface area contributed by atoms with E-state index in [4.69, 9.17) is 23.2 Å². The maximum Gasteiger partial charge on any atom is 0.243 e. The molecule has 1 aromatic heterocycles. The minimum Gasteiger partial charge on any atom is -0.369 e. The average molecular weight is 495 g/mol. The van der Waals surface area contributed by atoms with Crippen molar-refractivity contribution in [1.82, 2.24) is 9.10 Å². The lowest BCUT2D eigenvalue weighted by molar-refractivity contribution is 0.580. The van der Waals surface area contributed by atoms with Crippen LogP contribution in [0.15, 0.2) is 45.8 Å². The molecule has 0 atom stereocenters. The highest BCUT2D eigenvalue weighted by Crippen LogP contribution is 2.32. The summed E-state index contributed by atoms with van der Waals surface area (Å²) >= 11 is 16.7. The first-order valence-electron chi connectivity index (χ1n) is 7.61. The SMILES string of the molecule is O=S(=O)(NCCCNc1nsc2ccccc12)c1c(Cl)cc(Br)cc1Cl. The van der Waals surface area contributed by atoms with E-state index in [0.29, 0.717) is 17.4 Å². The third kappa shape index (κ3) is 4.49. The number of halogens is 3. The van der Waals surface area contributed by atoms with Gasteiger partial charge in [-0.1, -0.05) is 51.3 Å². The zero-order valence-corrected chi connectivity index (χ0v) is 18.0. The summed E-state index contributed by atoms with van der Waals surface area (Å²) < 4.78 is 33.5. The van der Waals surface area contributed by atoms with Crippen LogP contribution in [0.5, 0.6) is 0 Å². The van der Waals surface area contributed by atoms with Gasteiger partial charge in [0.05, 0.1) is 14.7 Å². The van der Waals surface area contributed by atoms with Crippen LogP contribution in [-0.2, 0) is 10.0 Å². The number of hydrogen-bond donors (Lipinski definition) is 2. The molecule has 10 heteroatoms. The van der Waals surface area contributed by atoms with E-state index in [-0.39, 0.29) is 21.5 Å². The van der Waals surface area contributed by atoms with E-state index < -0.39 is 10.0 Å². The molecule has 0 aliphatic rings. The highest BCUT2D eigenvalue weighted by atomic mass is 79.9. The van der Waals surface area contributed by atoms with Crippen LogP contribution >= 0.6 is 50.7 Å². The monoisotopic (exact) mass is 493 g/mol. The van der Waals surface area contributed by atoms with Gasteiger partial charge in [0.2, 0.25) is 10.0 Å². The van der Waals surface area contributed by atoms with Crippen molar-refractivity contribution in [2.24, 2.45) is 0 Å². The Hall–Kier alpha value is -0.900. The van der Waals surface area contributed by atoms with Crippen molar-refractivity contribution in [1.29, 1.82) is 0 Å². The molecular formula is C16H14BrCl2N3O2S2. The Bertz CT molecular complexity index is 1020. The molecule has 3 aromatic rings. The summed E-state index contributed by atoms with van der Waals surface area (Å²) in [6, 6.07) is 10.9. The summed E-state index contributed by atoms with van der Waals surface area (Å²) in [5.41, 5.74) is 0. The first-order valence-corrected chi connectivity index (χ1v) is 11.4. The van der Waals surface area contributed by atoms with Crippen LogP contribution in [0.25, 0.3) is 10.1 Å². The van der Waals surface area contributed by atoms with Crippen LogP contribution in [-0.4, -0.2) is 25.9 Å². The first kappa shape index (κ1) is 19.9. The van der Waals surface area contributed by atoms with E-state index >= 15 is 0 Å². The second-order valence-corrected chi connectivity index (χ2v) is 9.64. The van der Waals surface area contributed by atoms with Crippen LogP contribution in [0.3, 0.4) is 0 Å². The normalized spacial score (nSPS) is 11.8. The molecule has 1 heterocycles. The Morgan fingerprint density at radius 2 is 1.81 bits per heavy atom. The van der Waals surface area contributed by atoms with E-state index in [9.17, 15) is 8.42 Å². The van der Waals surface area contributed by atoms with Crippen molar-refractivity contribution in [3.05, 3.63) is 50.9 Å². The van der Waals surface area contributed by atoms with Crippen LogP contribution < -0.4 is 10.0 Å². The summed E-state index contributed by atoms with van der Waals surface area (Å²) in [4.78, 5) is -0.109. The van der Waals surface area contributed by atoms with E-state index in [1.165, 1.54) is 23.7 Å². The number of nitrogens with one attached hydrogen (secondary N) is 2. The van der Waals surface area contributed by atoms with Crippen LogP contribution in [0.4, 0.5) is 5.82 Å². The minimum absolute atomic E-state index is 0.0731. The van der Waals surface area contributed by atoms with E-state index in [1.54, 1.807) is 0 Å². The van der Waals surface area contributed by atoms with Gasteiger partial charge < -0.3 is 5.32 Å². The molecule has 0 radical (unpaired) electrons. The Balaban J connectivity index is 1.56. The maximum atomic E-state index is 12.4. The fourth-order valence-corrected chi connectivity index (χ4v) is 6.13. The minimum atomic E-state index is -3.78. The summed E-state index contributed by atoms with van der Waals surface area (Å²) in [6.45, 7) is 0.832. The zero-order chi connectivity index (χ0) is 18.7. The number of nitrogens with zero attached hydrogens (tertiary/aromatic N) is 1. The molecule has 0 unspecified atom stereocenters. The van der Waals surface area contributed by atoms with Gasteiger partial charge >= 0.3 is 0 Å². The number of benzene rings is 2. The van der Waals surface area contributed by atoms with Gasteiger partial charge in [0.15, 0.2) is 0 Å². The topological polar surface area (TPSA) is 71.1 Å². The average Bonchev–Trinajstić information content (AvgIpc) is 2.96. The second-order valence-electron chi connectivity index (χ2n) is 5.40. The predicted octanol–water partition coefficient (Wildman–Crippen LogP) is 5.15. The fraction of sp³-hybridized carbons (Fsp3) is 0.188. The molecule has 2 aromatic carbocycles. The van der Waals surface area contributed by atoms with Crippen LogP contribution in [0, 0.1) is 0 Å². The lowest BCUT2D eigenvalue weighted by Crippen LogP contribution is -2.26. The first-order chi connectivity index (χ1) is 12.4. The zero-order valence-electron chi connectivity index (χ0n) is 13.3. The summed E-state index contributed by atoms with van der Waals surface area (Å²) in [5, 5.41) is 4.44. The molecule has 0 amide bonds.